The summed E-state index contributed by atoms with van der Waals surface area (Å²) in [7, 11) is 1.72. The number of carbonyl (C=O) groups is 1. The molecule has 0 saturated carbocycles. The second-order valence-corrected chi connectivity index (χ2v) is 5.50. The monoisotopic (exact) mass is 305 g/mol. The van der Waals surface area contributed by atoms with E-state index in [-0.39, 0.29) is 10.9 Å². The second-order valence-electron chi connectivity index (χ2n) is 5.09. The molecular weight excluding hydrogens is 293 g/mol. The zero-order valence-corrected chi connectivity index (χ0v) is 12.1. The largest absolute Gasteiger partial charge is 0.384 e. The molecular formula is C16H13ClFNO2. The lowest BCUT2D eigenvalue weighted by atomic mass is 9.98. The van der Waals surface area contributed by atoms with Crippen LogP contribution >= 0.6 is 11.6 Å². The smallest absolute Gasteiger partial charge is 0.231 e. The van der Waals surface area contributed by atoms with Crippen molar-refractivity contribution in [2.45, 2.75) is 12.5 Å². The third-order valence-corrected chi connectivity index (χ3v) is 4.06. The van der Waals surface area contributed by atoms with Crippen LogP contribution in [0.3, 0.4) is 0 Å². The van der Waals surface area contributed by atoms with Gasteiger partial charge in [0.25, 0.3) is 0 Å². The maximum atomic E-state index is 13.5. The van der Waals surface area contributed by atoms with Crippen molar-refractivity contribution in [3.05, 3.63) is 63.9 Å². The van der Waals surface area contributed by atoms with Crippen LogP contribution < -0.4 is 4.90 Å². The fourth-order valence-electron chi connectivity index (χ4n) is 2.54. The Balaban J connectivity index is 1.96. The summed E-state index contributed by atoms with van der Waals surface area (Å²) >= 11 is 5.64. The van der Waals surface area contributed by atoms with E-state index < -0.39 is 11.9 Å². The highest BCUT2D eigenvalue weighted by atomic mass is 35.5. The van der Waals surface area contributed by atoms with Crippen molar-refractivity contribution in [1.29, 1.82) is 0 Å². The van der Waals surface area contributed by atoms with Crippen LogP contribution in [0, 0.1) is 5.82 Å². The molecule has 1 heterocycles. The number of aliphatic hydroxyl groups excluding tert-OH is 1. The molecule has 2 aromatic carbocycles. The first-order valence-electron chi connectivity index (χ1n) is 6.50. The van der Waals surface area contributed by atoms with Crippen LogP contribution in [0.25, 0.3) is 0 Å². The number of anilines is 1. The Bertz CT molecular complexity index is 732. The summed E-state index contributed by atoms with van der Waals surface area (Å²) in [5, 5.41) is 10.4. The highest BCUT2D eigenvalue weighted by Gasteiger charge is 2.25. The first-order chi connectivity index (χ1) is 9.97. The number of likely N-dealkylation sites (N-methyl/N-ethyl adjacent to an activating group) is 1. The van der Waals surface area contributed by atoms with Gasteiger partial charge in [-0.05, 0) is 34.9 Å². The molecule has 0 fully saturated rings. The van der Waals surface area contributed by atoms with E-state index in [1.165, 1.54) is 12.1 Å². The van der Waals surface area contributed by atoms with Crippen LogP contribution in [0.5, 0.6) is 0 Å². The van der Waals surface area contributed by atoms with Crippen molar-refractivity contribution in [2.24, 2.45) is 0 Å². The van der Waals surface area contributed by atoms with Crippen molar-refractivity contribution in [1.82, 2.24) is 0 Å². The van der Waals surface area contributed by atoms with E-state index in [1.807, 2.05) is 0 Å². The number of fused-ring (bicyclic) bond motifs is 1. The van der Waals surface area contributed by atoms with Crippen molar-refractivity contribution < 1.29 is 14.3 Å². The zero-order chi connectivity index (χ0) is 15.1. The highest BCUT2D eigenvalue weighted by molar-refractivity contribution is 6.30. The van der Waals surface area contributed by atoms with Gasteiger partial charge in [-0.1, -0.05) is 29.8 Å². The summed E-state index contributed by atoms with van der Waals surface area (Å²) in [5.41, 5.74) is 2.76. The van der Waals surface area contributed by atoms with E-state index in [0.29, 0.717) is 17.5 Å². The van der Waals surface area contributed by atoms with Crippen molar-refractivity contribution >= 4 is 23.2 Å². The molecule has 108 valence electrons. The molecule has 0 saturated heterocycles. The number of amides is 1. The van der Waals surface area contributed by atoms with Gasteiger partial charge in [-0.3, -0.25) is 4.79 Å². The molecule has 1 aliphatic rings. The van der Waals surface area contributed by atoms with E-state index >= 15 is 0 Å². The van der Waals surface area contributed by atoms with Gasteiger partial charge < -0.3 is 10.0 Å². The van der Waals surface area contributed by atoms with Gasteiger partial charge in [-0.25, -0.2) is 4.39 Å². The molecule has 3 nitrogen and oxygen atoms in total. The topological polar surface area (TPSA) is 40.5 Å². The number of aliphatic hydroxyl groups is 1. The quantitative estimate of drug-likeness (QED) is 0.926. The predicted octanol–water partition coefficient (Wildman–Crippen LogP) is 3.08. The number of rotatable bonds is 2. The fraction of sp³-hybridized carbons (Fsp3) is 0.188. The Kier molecular flexibility index (Phi) is 3.43. The van der Waals surface area contributed by atoms with E-state index in [9.17, 15) is 14.3 Å². The minimum Gasteiger partial charge on any atom is -0.384 e. The molecule has 21 heavy (non-hydrogen) atoms. The van der Waals surface area contributed by atoms with Crippen molar-refractivity contribution in [3.8, 4) is 0 Å². The van der Waals surface area contributed by atoms with Gasteiger partial charge in [0, 0.05) is 12.7 Å². The molecule has 1 amide bonds. The molecule has 5 heteroatoms. The third kappa shape index (κ3) is 2.41. The van der Waals surface area contributed by atoms with E-state index in [4.69, 9.17) is 11.6 Å². The third-order valence-electron chi connectivity index (χ3n) is 3.76. The number of hydrogen-bond acceptors (Lipinski definition) is 2. The van der Waals surface area contributed by atoms with E-state index in [2.05, 4.69) is 0 Å². The first-order valence-corrected chi connectivity index (χ1v) is 6.87. The molecule has 0 spiro atoms. The van der Waals surface area contributed by atoms with Gasteiger partial charge in [0.1, 0.15) is 11.9 Å². The van der Waals surface area contributed by atoms with Gasteiger partial charge in [0.05, 0.1) is 11.4 Å². The SMILES string of the molecule is CN1C(=O)Cc2cc(C(O)c3ccc(Cl)c(F)c3)ccc21. The number of hydrogen-bond donors (Lipinski definition) is 1. The average Bonchev–Trinajstić information content (AvgIpc) is 2.76. The molecule has 0 bridgehead atoms. The van der Waals surface area contributed by atoms with Crippen LogP contribution in [0.4, 0.5) is 10.1 Å². The number of benzene rings is 2. The van der Waals surface area contributed by atoms with E-state index in [1.54, 1.807) is 36.2 Å². The van der Waals surface area contributed by atoms with Crippen LogP contribution in [0.15, 0.2) is 36.4 Å². The fourth-order valence-corrected chi connectivity index (χ4v) is 2.65. The lowest BCUT2D eigenvalue weighted by Gasteiger charge is -2.14. The lowest BCUT2D eigenvalue weighted by molar-refractivity contribution is -0.117. The summed E-state index contributed by atoms with van der Waals surface area (Å²) in [6.45, 7) is 0. The minimum atomic E-state index is -0.955. The lowest BCUT2D eigenvalue weighted by Crippen LogP contribution is -2.20. The van der Waals surface area contributed by atoms with Gasteiger partial charge in [0.2, 0.25) is 5.91 Å². The van der Waals surface area contributed by atoms with Crippen LogP contribution in [-0.2, 0) is 11.2 Å². The minimum absolute atomic E-state index is 0.0205. The molecule has 0 aromatic heterocycles. The molecule has 1 unspecified atom stereocenters. The van der Waals surface area contributed by atoms with Crippen LogP contribution in [0.1, 0.15) is 22.8 Å². The normalized spacial score (nSPS) is 15.2. The van der Waals surface area contributed by atoms with Crippen LogP contribution in [0.2, 0.25) is 5.02 Å². The summed E-state index contributed by atoms with van der Waals surface area (Å²) in [5.74, 6) is -0.543. The standard InChI is InChI=1S/C16H13ClFNO2/c1-19-14-5-3-9(6-11(14)8-15(19)20)16(21)10-2-4-12(17)13(18)7-10/h2-7,16,21H,8H2,1H3. The Morgan fingerprint density at radius 3 is 2.62 bits per heavy atom. The maximum absolute atomic E-state index is 13.5. The number of halogens is 2. The maximum Gasteiger partial charge on any atom is 0.231 e. The summed E-state index contributed by atoms with van der Waals surface area (Å²) < 4.78 is 13.5. The molecule has 2 aromatic rings. The van der Waals surface area contributed by atoms with Crippen molar-refractivity contribution in [3.63, 3.8) is 0 Å². The molecule has 0 radical (unpaired) electrons. The summed E-state index contributed by atoms with van der Waals surface area (Å²) in [6, 6.07) is 9.54. The van der Waals surface area contributed by atoms with Gasteiger partial charge in [-0.15, -0.1) is 0 Å². The Morgan fingerprint density at radius 1 is 1.24 bits per heavy atom. The van der Waals surface area contributed by atoms with Crippen LogP contribution in [-0.4, -0.2) is 18.1 Å². The van der Waals surface area contributed by atoms with Gasteiger partial charge in [0.15, 0.2) is 0 Å². The zero-order valence-electron chi connectivity index (χ0n) is 11.3. The average molecular weight is 306 g/mol. The number of carbonyl (C=O) groups excluding carboxylic acids is 1. The van der Waals surface area contributed by atoms with Crippen molar-refractivity contribution in [2.75, 3.05) is 11.9 Å². The predicted molar refractivity (Wildman–Crippen MR) is 79.0 cm³/mol. The van der Waals surface area contributed by atoms with Gasteiger partial charge >= 0.3 is 0 Å². The van der Waals surface area contributed by atoms with Gasteiger partial charge in [-0.2, -0.15) is 0 Å². The number of nitrogens with zero attached hydrogens (tertiary/aromatic N) is 1. The molecule has 3 rings (SSSR count). The summed E-state index contributed by atoms with van der Waals surface area (Å²) in [4.78, 5) is 13.3. The Labute approximate surface area is 126 Å². The molecule has 1 N–H and O–H groups in total. The Morgan fingerprint density at radius 2 is 1.90 bits per heavy atom. The first kappa shape index (κ1) is 14.0. The molecule has 1 aliphatic heterocycles. The molecule has 1 atom stereocenters. The summed E-state index contributed by atoms with van der Waals surface area (Å²) in [6.07, 6.45) is -0.635. The second kappa shape index (κ2) is 5.13. The highest BCUT2D eigenvalue weighted by Crippen LogP contribution is 2.32. The Hall–Kier alpha value is -1.91. The molecule has 0 aliphatic carbocycles. The van der Waals surface area contributed by atoms with E-state index in [0.717, 1.165) is 11.3 Å².